The third-order valence-corrected chi connectivity index (χ3v) is 3.70. The van der Waals surface area contributed by atoms with Crippen molar-refractivity contribution in [1.29, 1.82) is 0 Å². The molecule has 0 aromatic carbocycles. The molecule has 0 saturated heterocycles. The van der Waals surface area contributed by atoms with Crippen LogP contribution in [0.2, 0.25) is 0 Å². The van der Waals surface area contributed by atoms with Gasteiger partial charge in [-0.05, 0) is 31.1 Å². The van der Waals surface area contributed by atoms with Crippen LogP contribution in [-0.2, 0) is 4.79 Å². The van der Waals surface area contributed by atoms with Gasteiger partial charge in [-0.3, -0.25) is 4.79 Å². The van der Waals surface area contributed by atoms with E-state index in [-0.39, 0.29) is 11.8 Å². The number of carbonyl (C=O) groups is 1. The second-order valence-electron chi connectivity index (χ2n) is 5.81. The molecule has 0 heterocycles. The molecule has 1 aliphatic carbocycles. The predicted octanol–water partition coefficient (Wildman–Crippen LogP) is 2.30. The molecule has 0 spiro atoms. The van der Waals surface area contributed by atoms with Crippen LogP contribution < -0.4 is 11.1 Å². The first-order valence-corrected chi connectivity index (χ1v) is 7.11. The van der Waals surface area contributed by atoms with Crippen molar-refractivity contribution in [1.82, 2.24) is 5.32 Å². The summed E-state index contributed by atoms with van der Waals surface area (Å²) in [5.41, 5.74) is 5.67. The van der Waals surface area contributed by atoms with Crippen molar-refractivity contribution in [2.24, 2.45) is 23.5 Å². The maximum Gasteiger partial charge on any atom is 0.224 e. The Morgan fingerprint density at radius 2 is 1.94 bits per heavy atom. The third-order valence-electron chi connectivity index (χ3n) is 3.70. The smallest absolute Gasteiger partial charge is 0.224 e. The lowest BCUT2D eigenvalue weighted by atomic mass is 9.89. The molecule has 3 N–H and O–H groups in total. The molecule has 1 atom stereocenters. The lowest BCUT2D eigenvalue weighted by molar-refractivity contribution is -0.125. The highest BCUT2D eigenvalue weighted by Crippen LogP contribution is 2.22. The average molecular weight is 240 g/mol. The first kappa shape index (κ1) is 14.5. The highest BCUT2D eigenvalue weighted by molar-refractivity contribution is 5.78. The van der Waals surface area contributed by atoms with E-state index in [2.05, 4.69) is 19.2 Å². The van der Waals surface area contributed by atoms with Gasteiger partial charge >= 0.3 is 0 Å². The molecule has 1 fully saturated rings. The molecular formula is C14H28N2O. The average Bonchev–Trinajstić information content (AvgIpc) is 2.34. The van der Waals surface area contributed by atoms with Crippen LogP contribution in [0.4, 0.5) is 0 Å². The first-order chi connectivity index (χ1) is 8.13. The predicted molar refractivity (Wildman–Crippen MR) is 71.6 cm³/mol. The van der Waals surface area contributed by atoms with Crippen LogP contribution in [0.3, 0.4) is 0 Å². The van der Waals surface area contributed by atoms with E-state index in [0.717, 1.165) is 13.0 Å². The molecular weight excluding hydrogens is 212 g/mol. The van der Waals surface area contributed by atoms with Gasteiger partial charge in [-0.15, -0.1) is 0 Å². The van der Waals surface area contributed by atoms with E-state index in [0.29, 0.717) is 18.4 Å². The van der Waals surface area contributed by atoms with Crippen molar-refractivity contribution in [3.63, 3.8) is 0 Å². The molecule has 1 rings (SSSR count). The minimum atomic E-state index is -0.00131. The van der Waals surface area contributed by atoms with Crippen LogP contribution in [0, 0.1) is 17.8 Å². The van der Waals surface area contributed by atoms with Crippen molar-refractivity contribution < 1.29 is 4.79 Å². The van der Waals surface area contributed by atoms with Gasteiger partial charge < -0.3 is 11.1 Å². The molecule has 0 aliphatic heterocycles. The summed E-state index contributed by atoms with van der Waals surface area (Å²) in [5, 5.41) is 3.09. The van der Waals surface area contributed by atoms with Gasteiger partial charge in [-0.1, -0.05) is 33.1 Å². The van der Waals surface area contributed by atoms with E-state index in [1.54, 1.807) is 0 Å². The summed E-state index contributed by atoms with van der Waals surface area (Å²) in [7, 11) is 0. The molecule has 1 aliphatic rings. The Morgan fingerprint density at radius 3 is 2.47 bits per heavy atom. The van der Waals surface area contributed by atoms with Crippen LogP contribution >= 0.6 is 0 Å². The molecule has 100 valence electrons. The number of amides is 1. The largest absolute Gasteiger partial charge is 0.356 e. The van der Waals surface area contributed by atoms with E-state index in [9.17, 15) is 4.79 Å². The van der Waals surface area contributed by atoms with Crippen molar-refractivity contribution in [3.05, 3.63) is 0 Å². The number of rotatable bonds is 6. The number of nitrogens with one attached hydrogen (secondary N) is 1. The molecule has 0 radical (unpaired) electrons. The van der Waals surface area contributed by atoms with Gasteiger partial charge in [0.15, 0.2) is 0 Å². The Balaban J connectivity index is 2.26. The number of nitrogens with two attached hydrogens (primary N) is 1. The topological polar surface area (TPSA) is 55.1 Å². The Bertz CT molecular complexity index is 222. The van der Waals surface area contributed by atoms with E-state index in [4.69, 9.17) is 5.73 Å². The van der Waals surface area contributed by atoms with Gasteiger partial charge in [0.2, 0.25) is 5.91 Å². The van der Waals surface area contributed by atoms with Crippen molar-refractivity contribution in [3.8, 4) is 0 Å². The third kappa shape index (κ3) is 5.53. The van der Waals surface area contributed by atoms with Gasteiger partial charge in [0.25, 0.3) is 0 Å². The Kier molecular flexibility index (Phi) is 6.56. The van der Waals surface area contributed by atoms with Crippen LogP contribution in [0.15, 0.2) is 0 Å². The first-order valence-electron chi connectivity index (χ1n) is 7.11. The number of carbonyl (C=O) groups excluding carboxylic acids is 1. The summed E-state index contributed by atoms with van der Waals surface area (Å²) in [4.78, 5) is 12.0. The molecule has 1 unspecified atom stereocenters. The summed E-state index contributed by atoms with van der Waals surface area (Å²) >= 11 is 0. The second-order valence-corrected chi connectivity index (χ2v) is 5.81. The fourth-order valence-electron chi connectivity index (χ4n) is 2.66. The van der Waals surface area contributed by atoms with Crippen LogP contribution in [-0.4, -0.2) is 19.0 Å². The van der Waals surface area contributed by atoms with Gasteiger partial charge in [-0.2, -0.15) is 0 Å². The summed E-state index contributed by atoms with van der Waals surface area (Å²) in [6.45, 7) is 5.59. The fourth-order valence-corrected chi connectivity index (χ4v) is 2.66. The Labute approximate surface area is 106 Å². The SMILES string of the molecule is CC(C)CC(CN)C(=O)NCC1CCCCC1. The lowest BCUT2D eigenvalue weighted by Gasteiger charge is -2.23. The van der Waals surface area contributed by atoms with E-state index in [1.807, 2.05) is 0 Å². The Morgan fingerprint density at radius 1 is 1.29 bits per heavy atom. The summed E-state index contributed by atoms with van der Waals surface area (Å²) in [6, 6.07) is 0. The molecule has 0 bridgehead atoms. The van der Waals surface area contributed by atoms with Crippen LogP contribution in [0.5, 0.6) is 0 Å². The van der Waals surface area contributed by atoms with Crippen LogP contribution in [0.25, 0.3) is 0 Å². The highest BCUT2D eigenvalue weighted by Gasteiger charge is 2.20. The van der Waals surface area contributed by atoms with Crippen molar-refractivity contribution >= 4 is 5.91 Å². The van der Waals surface area contributed by atoms with E-state index in [1.165, 1.54) is 32.1 Å². The minimum absolute atomic E-state index is 0.00131. The van der Waals surface area contributed by atoms with Crippen molar-refractivity contribution in [2.75, 3.05) is 13.1 Å². The summed E-state index contributed by atoms with van der Waals surface area (Å²) < 4.78 is 0. The molecule has 0 aromatic rings. The molecule has 17 heavy (non-hydrogen) atoms. The maximum atomic E-state index is 12.0. The monoisotopic (exact) mass is 240 g/mol. The van der Waals surface area contributed by atoms with Gasteiger partial charge in [0.05, 0.1) is 5.92 Å². The summed E-state index contributed by atoms with van der Waals surface area (Å²) in [5.74, 6) is 1.39. The highest BCUT2D eigenvalue weighted by atomic mass is 16.1. The molecule has 1 amide bonds. The van der Waals surface area contributed by atoms with Gasteiger partial charge in [0, 0.05) is 13.1 Å². The van der Waals surface area contributed by atoms with Gasteiger partial charge in [0.1, 0.15) is 0 Å². The van der Waals surface area contributed by atoms with Crippen LogP contribution in [0.1, 0.15) is 52.4 Å². The standard InChI is InChI=1S/C14H28N2O/c1-11(2)8-13(9-15)14(17)16-10-12-6-4-3-5-7-12/h11-13H,3-10,15H2,1-2H3,(H,16,17). The molecule has 3 heteroatoms. The number of hydrogen-bond acceptors (Lipinski definition) is 2. The number of hydrogen-bond donors (Lipinski definition) is 2. The Hall–Kier alpha value is -0.570. The lowest BCUT2D eigenvalue weighted by Crippen LogP contribution is -2.38. The van der Waals surface area contributed by atoms with Gasteiger partial charge in [-0.25, -0.2) is 0 Å². The molecule has 0 aromatic heterocycles. The fraction of sp³-hybridized carbons (Fsp3) is 0.929. The van der Waals surface area contributed by atoms with E-state index < -0.39 is 0 Å². The minimum Gasteiger partial charge on any atom is -0.356 e. The molecule has 3 nitrogen and oxygen atoms in total. The maximum absolute atomic E-state index is 12.0. The summed E-state index contributed by atoms with van der Waals surface area (Å²) in [6.07, 6.45) is 7.46. The van der Waals surface area contributed by atoms with Crippen molar-refractivity contribution in [2.45, 2.75) is 52.4 Å². The normalized spacial score (nSPS) is 19.3. The zero-order valence-corrected chi connectivity index (χ0v) is 11.4. The molecule has 1 saturated carbocycles. The quantitative estimate of drug-likeness (QED) is 0.748. The zero-order valence-electron chi connectivity index (χ0n) is 11.4. The zero-order chi connectivity index (χ0) is 12.7. The second kappa shape index (κ2) is 7.70. The van der Waals surface area contributed by atoms with E-state index >= 15 is 0 Å².